The van der Waals surface area contributed by atoms with Crippen molar-refractivity contribution in [1.29, 1.82) is 0 Å². The van der Waals surface area contributed by atoms with Crippen molar-refractivity contribution in [1.82, 2.24) is 0 Å². The molecule has 0 aliphatic heterocycles. The van der Waals surface area contributed by atoms with Crippen LogP contribution in [0.3, 0.4) is 0 Å². The summed E-state index contributed by atoms with van der Waals surface area (Å²) in [5.41, 5.74) is 0. The van der Waals surface area contributed by atoms with Gasteiger partial charge in [-0.05, 0) is 34.4 Å². The van der Waals surface area contributed by atoms with Crippen LogP contribution < -0.4 is 0 Å². The molecule has 0 spiro atoms. The molecule has 0 unspecified atom stereocenters. The van der Waals surface area contributed by atoms with E-state index in [1.807, 2.05) is 12.1 Å². The molecule has 0 bridgehead atoms. The molecule has 120 valence electrons. The summed E-state index contributed by atoms with van der Waals surface area (Å²) < 4.78 is 61.4. The highest BCUT2D eigenvalue weighted by Crippen LogP contribution is 2.33. The lowest BCUT2D eigenvalue weighted by Crippen LogP contribution is -2.11. The molecule has 0 radical (unpaired) electrons. The summed E-state index contributed by atoms with van der Waals surface area (Å²) in [5.74, 6) is 0. The molecule has 3 rings (SSSR count). The fourth-order valence-corrected chi connectivity index (χ4v) is 4.64. The average Bonchev–Trinajstić information content (AvgIpc) is 2.50. The molecule has 0 aliphatic carbocycles. The molecule has 3 aromatic rings. The number of hydrogen-bond donors (Lipinski definition) is 1. The molecule has 0 fully saturated rings. The highest BCUT2D eigenvalue weighted by atomic mass is 32.2. The molecular weight excluding hydrogens is 340 g/mol. The molecule has 3 aromatic carbocycles. The fourth-order valence-electron chi connectivity index (χ4n) is 2.51. The normalized spacial score (nSPS) is 12.8. The van der Waals surface area contributed by atoms with E-state index in [0.717, 1.165) is 23.9 Å². The SMILES string of the molecule is COS(=O)(=O)c1c(S(=O)(=O)O)ccc2cc3ccccc3cc12. The quantitative estimate of drug-likeness (QED) is 0.442. The minimum atomic E-state index is -4.73. The van der Waals surface area contributed by atoms with Crippen LogP contribution in [0.2, 0.25) is 0 Å². The molecule has 23 heavy (non-hydrogen) atoms. The smallest absolute Gasteiger partial charge is 0.282 e. The lowest BCUT2D eigenvalue weighted by Gasteiger charge is -2.11. The second-order valence-electron chi connectivity index (χ2n) is 4.91. The van der Waals surface area contributed by atoms with E-state index in [1.54, 1.807) is 24.3 Å². The van der Waals surface area contributed by atoms with Crippen molar-refractivity contribution in [3.63, 3.8) is 0 Å². The number of rotatable bonds is 3. The maximum atomic E-state index is 12.2. The van der Waals surface area contributed by atoms with Crippen LogP contribution in [0.5, 0.6) is 0 Å². The van der Waals surface area contributed by atoms with Gasteiger partial charge in [0.05, 0.1) is 7.11 Å². The molecule has 0 saturated carbocycles. The lowest BCUT2D eigenvalue weighted by molar-refractivity contribution is 0.395. The van der Waals surface area contributed by atoms with Crippen LogP contribution in [-0.4, -0.2) is 28.5 Å². The van der Waals surface area contributed by atoms with Crippen molar-refractivity contribution in [2.75, 3.05) is 7.11 Å². The molecule has 8 heteroatoms. The summed E-state index contributed by atoms with van der Waals surface area (Å²) in [4.78, 5) is -1.27. The zero-order valence-corrected chi connectivity index (χ0v) is 13.6. The van der Waals surface area contributed by atoms with Gasteiger partial charge in [-0.15, -0.1) is 0 Å². The summed E-state index contributed by atoms with van der Waals surface area (Å²) >= 11 is 0. The molecule has 0 heterocycles. The summed E-state index contributed by atoms with van der Waals surface area (Å²) in [5, 5.41) is 2.30. The fraction of sp³-hybridized carbons (Fsp3) is 0.0667. The Morgan fingerprint density at radius 3 is 2.04 bits per heavy atom. The average molecular weight is 352 g/mol. The Bertz CT molecular complexity index is 1130. The van der Waals surface area contributed by atoms with Crippen molar-refractivity contribution in [3.8, 4) is 0 Å². The van der Waals surface area contributed by atoms with Gasteiger partial charge in [-0.1, -0.05) is 30.3 Å². The third kappa shape index (κ3) is 2.70. The zero-order valence-electron chi connectivity index (χ0n) is 11.9. The first-order valence-electron chi connectivity index (χ1n) is 6.48. The van der Waals surface area contributed by atoms with Crippen molar-refractivity contribution >= 4 is 41.8 Å². The van der Waals surface area contributed by atoms with E-state index in [4.69, 9.17) is 0 Å². The van der Waals surface area contributed by atoms with Crippen LogP contribution in [0, 0.1) is 0 Å². The van der Waals surface area contributed by atoms with Crippen LogP contribution in [-0.2, 0) is 24.4 Å². The second kappa shape index (κ2) is 5.27. The Labute approximate surface area is 133 Å². The van der Waals surface area contributed by atoms with E-state index >= 15 is 0 Å². The van der Waals surface area contributed by atoms with E-state index in [9.17, 15) is 21.4 Å². The molecule has 1 N–H and O–H groups in total. The van der Waals surface area contributed by atoms with Gasteiger partial charge in [-0.3, -0.25) is 8.74 Å². The standard InChI is InChI=1S/C15H12O6S2/c1-21-23(19,20)15-13-9-11-5-3-2-4-10(11)8-12(13)6-7-14(15)22(16,17)18/h2-9H,1H3,(H,16,17,18). The molecule has 0 amide bonds. The van der Waals surface area contributed by atoms with Gasteiger partial charge in [-0.25, -0.2) is 0 Å². The Morgan fingerprint density at radius 2 is 1.48 bits per heavy atom. The number of fused-ring (bicyclic) bond motifs is 2. The lowest BCUT2D eigenvalue weighted by atomic mass is 10.0. The van der Waals surface area contributed by atoms with Gasteiger partial charge in [0.25, 0.3) is 20.2 Å². The van der Waals surface area contributed by atoms with E-state index in [-0.39, 0.29) is 5.39 Å². The van der Waals surface area contributed by atoms with Gasteiger partial charge in [0, 0.05) is 5.39 Å². The summed E-state index contributed by atoms with van der Waals surface area (Å²) in [7, 11) is -8.14. The summed E-state index contributed by atoms with van der Waals surface area (Å²) in [6, 6.07) is 13.1. The van der Waals surface area contributed by atoms with Gasteiger partial charge >= 0.3 is 0 Å². The number of hydrogen-bond acceptors (Lipinski definition) is 5. The first-order chi connectivity index (χ1) is 10.7. The predicted molar refractivity (Wildman–Crippen MR) is 85.5 cm³/mol. The largest absolute Gasteiger partial charge is 0.298 e. The predicted octanol–water partition coefficient (Wildman–Crippen LogP) is 2.57. The summed E-state index contributed by atoms with van der Waals surface area (Å²) in [6.45, 7) is 0. The topological polar surface area (TPSA) is 97.7 Å². The molecule has 0 atom stereocenters. The van der Waals surface area contributed by atoms with Crippen LogP contribution in [0.4, 0.5) is 0 Å². The van der Waals surface area contributed by atoms with Crippen LogP contribution >= 0.6 is 0 Å². The third-order valence-corrected chi connectivity index (χ3v) is 5.95. The Kier molecular flexibility index (Phi) is 3.64. The minimum Gasteiger partial charge on any atom is -0.282 e. The van der Waals surface area contributed by atoms with Gasteiger partial charge in [0.15, 0.2) is 0 Å². The second-order valence-corrected chi connectivity index (χ2v) is 7.95. The Balaban J connectivity index is 2.58. The molecule has 0 saturated heterocycles. The zero-order chi connectivity index (χ0) is 16.8. The molecular formula is C15H12O6S2. The van der Waals surface area contributed by atoms with Crippen molar-refractivity contribution in [2.45, 2.75) is 9.79 Å². The highest BCUT2D eigenvalue weighted by molar-refractivity contribution is 7.89. The number of benzene rings is 3. The van der Waals surface area contributed by atoms with Gasteiger partial charge in [0.2, 0.25) is 0 Å². The van der Waals surface area contributed by atoms with E-state index in [2.05, 4.69) is 4.18 Å². The van der Waals surface area contributed by atoms with Crippen LogP contribution in [0.15, 0.2) is 58.3 Å². The molecule has 0 aliphatic rings. The molecule has 0 aromatic heterocycles. The van der Waals surface area contributed by atoms with Crippen molar-refractivity contribution < 1.29 is 25.6 Å². The Morgan fingerprint density at radius 1 is 0.870 bits per heavy atom. The monoisotopic (exact) mass is 352 g/mol. The summed E-state index contributed by atoms with van der Waals surface area (Å²) in [6.07, 6.45) is 0. The maximum absolute atomic E-state index is 12.2. The van der Waals surface area contributed by atoms with Crippen LogP contribution in [0.1, 0.15) is 0 Å². The highest BCUT2D eigenvalue weighted by Gasteiger charge is 2.28. The van der Waals surface area contributed by atoms with Crippen molar-refractivity contribution in [3.05, 3.63) is 48.5 Å². The first kappa shape index (κ1) is 15.9. The van der Waals surface area contributed by atoms with Crippen molar-refractivity contribution in [2.24, 2.45) is 0 Å². The Hall–Kier alpha value is -2.00. The third-order valence-electron chi connectivity index (χ3n) is 3.55. The van der Waals surface area contributed by atoms with Crippen LogP contribution in [0.25, 0.3) is 21.5 Å². The van der Waals surface area contributed by atoms with E-state index in [1.165, 1.54) is 6.07 Å². The van der Waals surface area contributed by atoms with Gasteiger partial charge in [0.1, 0.15) is 9.79 Å². The first-order valence-corrected chi connectivity index (χ1v) is 9.32. The van der Waals surface area contributed by atoms with Gasteiger partial charge < -0.3 is 0 Å². The molecule has 6 nitrogen and oxygen atoms in total. The van der Waals surface area contributed by atoms with E-state index in [0.29, 0.717) is 5.39 Å². The van der Waals surface area contributed by atoms with E-state index < -0.39 is 30.0 Å². The minimum absolute atomic E-state index is 0.167. The van der Waals surface area contributed by atoms with Gasteiger partial charge in [-0.2, -0.15) is 16.8 Å². The maximum Gasteiger partial charge on any atom is 0.298 e.